The molecule has 0 radical (unpaired) electrons. The fraction of sp³-hybridized carbons (Fsp3) is 0.0833. The van der Waals surface area contributed by atoms with E-state index in [9.17, 15) is 0 Å². The number of thiocarbonyl (C=S) groups is 1. The molecule has 0 saturated heterocycles. The molecule has 5 heteroatoms. The molecule has 1 N–H and O–H groups in total. The molecule has 0 aliphatic rings. The quantitative estimate of drug-likeness (QED) is 0.665. The molecule has 0 fully saturated rings. The van der Waals surface area contributed by atoms with E-state index in [1.807, 2.05) is 24.3 Å². The van der Waals surface area contributed by atoms with Crippen LogP contribution in [0.1, 0.15) is 11.9 Å². The zero-order valence-corrected chi connectivity index (χ0v) is 10.7. The average molecular weight is 259 g/mol. The number of fused-ring (bicyclic) bond motifs is 1. The molecule has 0 bridgehead atoms. The normalized spacial score (nSPS) is 11.2. The molecule has 1 heterocycles. The minimum atomic E-state index is 0.496. The molecule has 1 aromatic heterocycles. The molecule has 0 atom stereocenters. The zero-order valence-electron chi connectivity index (χ0n) is 9.10. The molecule has 3 nitrogen and oxygen atoms in total. The second kappa shape index (κ2) is 5.04. The lowest BCUT2D eigenvalue weighted by atomic mass is 10.3. The van der Waals surface area contributed by atoms with Crippen LogP contribution in [0.5, 0.6) is 0 Å². The Morgan fingerprint density at radius 3 is 2.94 bits per heavy atom. The molecule has 17 heavy (non-hydrogen) atoms. The van der Waals surface area contributed by atoms with Gasteiger partial charge in [-0.1, -0.05) is 24.4 Å². The minimum absolute atomic E-state index is 0.496. The lowest BCUT2D eigenvalue weighted by molar-refractivity contribution is 1.29. The van der Waals surface area contributed by atoms with Gasteiger partial charge in [-0.2, -0.15) is 5.26 Å². The molecule has 0 unspecified atom stereocenters. The van der Waals surface area contributed by atoms with E-state index in [1.165, 1.54) is 11.3 Å². The highest BCUT2D eigenvalue weighted by Gasteiger charge is 2.07. The van der Waals surface area contributed by atoms with Crippen molar-refractivity contribution in [2.75, 3.05) is 0 Å². The summed E-state index contributed by atoms with van der Waals surface area (Å²) in [5, 5.41) is 12.6. The molecule has 0 amide bonds. The van der Waals surface area contributed by atoms with Gasteiger partial charge in [-0.15, -0.1) is 11.3 Å². The van der Waals surface area contributed by atoms with Gasteiger partial charge in [-0.3, -0.25) is 0 Å². The van der Waals surface area contributed by atoms with Gasteiger partial charge in [0, 0.05) is 6.20 Å². The maximum atomic E-state index is 9.08. The molecule has 0 saturated carbocycles. The highest BCUT2D eigenvalue weighted by atomic mass is 32.1. The van der Waals surface area contributed by atoms with Gasteiger partial charge in [0.25, 0.3) is 0 Å². The number of benzene rings is 1. The first-order valence-electron chi connectivity index (χ1n) is 4.94. The summed E-state index contributed by atoms with van der Waals surface area (Å²) in [4.78, 5) is 5.03. The lowest BCUT2D eigenvalue weighted by Gasteiger charge is -1.95. The van der Waals surface area contributed by atoms with Gasteiger partial charge in [0.15, 0.2) is 0 Å². The molecule has 84 valence electrons. The number of hydrogen-bond acceptors (Lipinski definition) is 4. The Morgan fingerprint density at radius 2 is 2.29 bits per heavy atom. The predicted molar refractivity (Wildman–Crippen MR) is 74.6 cm³/mol. The number of rotatable bonds is 2. The van der Waals surface area contributed by atoms with Crippen LogP contribution in [0.3, 0.4) is 0 Å². The van der Waals surface area contributed by atoms with Crippen LogP contribution in [0, 0.1) is 11.3 Å². The molecule has 0 aliphatic carbocycles. The predicted octanol–water partition coefficient (Wildman–Crippen LogP) is 3.10. The molecule has 2 aromatic rings. The number of hydrogen-bond donors (Lipinski definition) is 1. The fourth-order valence-electron chi connectivity index (χ4n) is 1.30. The SMILES string of the molecule is CC(=S)N/C=C(/C#N)c1nc2ccccc2s1. The Kier molecular flexibility index (Phi) is 3.47. The zero-order chi connectivity index (χ0) is 12.3. The minimum Gasteiger partial charge on any atom is -0.355 e. The smallest absolute Gasteiger partial charge is 0.136 e. The summed E-state index contributed by atoms with van der Waals surface area (Å²) in [7, 11) is 0. The van der Waals surface area contributed by atoms with Crippen LogP contribution < -0.4 is 5.32 Å². The Balaban J connectivity index is 2.41. The van der Waals surface area contributed by atoms with Crippen molar-refractivity contribution in [3.05, 3.63) is 35.5 Å². The van der Waals surface area contributed by atoms with Gasteiger partial charge >= 0.3 is 0 Å². The molecule has 1 aromatic carbocycles. The van der Waals surface area contributed by atoms with E-state index in [4.69, 9.17) is 17.5 Å². The first-order valence-corrected chi connectivity index (χ1v) is 6.16. The molecular weight excluding hydrogens is 250 g/mol. The van der Waals surface area contributed by atoms with Crippen molar-refractivity contribution in [3.8, 4) is 6.07 Å². The van der Waals surface area contributed by atoms with Crippen molar-refractivity contribution in [2.45, 2.75) is 6.92 Å². The second-order valence-corrected chi connectivity index (χ2v) is 5.00. The van der Waals surface area contributed by atoms with E-state index in [1.54, 1.807) is 13.1 Å². The van der Waals surface area contributed by atoms with Crippen LogP contribution >= 0.6 is 23.6 Å². The third-order valence-electron chi connectivity index (χ3n) is 2.06. The van der Waals surface area contributed by atoms with Gasteiger partial charge in [-0.25, -0.2) is 4.98 Å². The van der Waals surface area contributed by atoms with E-state index >= 15 is 0 Å². The van der Waals surface area contributed by atoms with Crippen molar-refractivity contribution >= 4 is 44.3 Å². The van der Waals surface area contributed by atoms with Gasteiger partial charge in [0.05, 0.1) is 15.2 Å². The topological polar surface area (TPSA) is 48.7 Å². The number of thiazole rings is 1. The van der Waals surface area contributed by atoms with Gasteiger partial charge in [0.2, 0.25) is 0 Å². The Morgan fingerprint density at radius 1 is 1.53 bits per heavy atom. The van der Waals surface area contributed by atoms with Crippen molar-refractivity contribution in [1.82, 2.24) is 10.3 Å². The van der Waals surface area contributed by atoms with Crippen LogP contribution in [0.2, 0.25) is 0 Å². The number of nitrogens with zero attached hydrogens (tertiary/aromatic N) is 2. The standard InChI is InChI=1S/C12H9N3S2/c1-8(16)14-7-9(6-13)12-15-10-4-2-3-5-11(10)17-12/h2-5,7H,1H3,(H,14,16)/b9-7-. The van der Waals surface area contributed by atoms with Gasteiger partial charge in [0.1, 0.15) is 16.6 Å². The van der Waals surface area contributed by atoms with Crippen molar-refractivity contribution in [1.29, 1.82) is 5.26 Å². The van der Waals surface area contributed by atoms with Crippen LogP contribution in [0.25, 0.3) is 15.8 Å². The van der Waals surface area contributed by atoms with Gasteiger partial charge < -0.3 is 5.32 Å². The van der Waals surface area contributed by atoms with Crippen molar-refractivity contribution < 1.29 is 0 Å². The van der Waals surface area contributed by atoms with E-state index in [2.05, 4.69) is 16.4 Å². The first kappa shape index (κ1) is 11.7. The summed E-state index contributed by atoms with van der Waals surface area (Å²) in [6.45, 7) is 1.76. The summed E-state index contributed by atoms with van der Waals surface area (Å²) in [5.74, 6) is 0. The van der Waals surface area contributed by atoms with Crippen LogP contribution in [-0.2, 0) is 0 Å². The molecule has 0 spiro atoms. The highest BCUT2D eigenvalue weighted by molar-refractivity contribution is 7.80. The maximum Gasteiger partial charge on any atom is 0.136 e. The Hall–Kier alpha value is -1.77. The number of allylic oxidation sites excluding steroid dienone is 1. The summed E-state index contributed by atoms with van der Waals surface area (Å²) < 4.78 is 1.07. The lowest BCUT2D eigenvalue weighted by Crippen LogP contribution is -2.10. The summed E-state index contributed by atoms with van der Waals surface area (Å²) in [5.41, 5.74) is 1.41. The van der Waals surface area contributed by atoms with Gasteiger partial charge in [-0.05, 0) is 19.1 Å². The number of nitrogens with one attached hydrogen (secondary N) is 1. The van der Waals surface area contributed by atoms with E-state index in [0.717, 1.165) is 10.2 Å². The first-order chi connectivity index (χ1) is 8.20. The highest BCUT2D eigenvalue weighted by Crippen LogP contribution is 2.26. The number of para-hydroxylation sites is 1. The van der Waals surface area contributed by atoms with Crippen LogP contribution in [0.4, 0.5) is 0 Å². The largest absolute Gasteiger partial charge is 0.355 e. The Bertz CT molecular complexity index is 601. The summed E-state index contributed by atoms with van der Waals surface area (Å²) >= 11 is 6.39. The summed E-state index contributed by atoms with van der Waals surface area (Å²) in [6, 6.07) is 9.93. The monoisotopic (exact) mass is 259 g/mol. The summed E-state index contributed by atoms with van der Waals surface area (Å²) in [6.07, 6.45) is 1.60. The maximum absolute atomic E-state index is 9.08. The third-order valence-corrected chi connectivity index (χ3v) is 3.25. The van der Waals surface area contributed by atoms with E-state index < -0.39 is 0 Å². The number of aromatic nitrogens is 1. The van der Waals surface area contributed by atoms with Crippen molar-refractivity contribution in [2.24, 2.45) is 0 Å². The van der Waals surface area contributed by atoms with Crippen molar-refractivity contribution in [3.63, 3.8) is 0 Å². The third kappa shape index (κ3) is 2.67. The van der Waals surface area contributed by atoms with Crippen LogP contribution in [0.15, 0.2) is 30.5 Å². The fourth-order valence-corrected chi connectivity index (χ4v) is 2.29. The van der Waals surface area contributed by atoms with E-state index in [0.29, 0.717) is 15.6 Å². The Labute approximate surface area is 108 Å². The molecular formula is C12H9N3S2. The molecule has 2 rings (SSSR count). The molecule has 0 aliphatic heterocycles. The number of nitriles is 1. The van der Waals surface area contributed by atoms with Crippen LogP contribution in [-0.4, -0.2) is 9.97 Å². The second-order valence-electron chi connectivity index (χ2n) is 3.36. The average Bonchev–Trinajstić information content (AvgIpc) is 2.72. The van der Waals surface area contributed by atoms with E-state index in [-0.39, 0.29) is 0 Å².